The number of halogens is 1. The topological polar surface area (TPSA) is 20.2 Å². The zero-order valence-electron chi connectivity index (χ0n) is 10.1. The van der Waals surface area contributed by atoms with Gasteiger partial charge in [-0.05, 0) is 36.0 Å². The molecule has 0 fully saturated rings. The number of hydrogen-bond acceptors (Lipinski definition) is 1. The molecule has 1 N–H and O–H groups in total. The molecule has 0 aliphatic rings. The maximum absolute atomic E-state index is 9.44. The molecule has 90 valence electrons. The Bertz CT molecular complexity index is 311. The smallest absolute Gasteiger partial charge is 0.0464 e. The van der Waals surface area contributed by atoms with Gasteiger partial charge >= 0.3 is 0 Å². The van der Waals surface area contributed by atoms with E-state index in [1.54, 1.807) is 0 Å². The van der Waals surface area contributed by atoms with E-state index < -0.39 is 0 Å². The van der Waals surface area contributed by atoms with Crippen LogP contribution in [0.15, 0.2) is 28.7 Å². The second kappa shape index (κ2) is 7.08. The quantitative estimate of drug-likeness (QED) is 0.836. The first-order valence-electron chi connectivity index (χ1n) is 6.02. The Hall–Kier alpha value is -0.340. The minimum absolute atomic E-state index is 0.285. The number of hydrogen-bond donors (Lipinski definition) is 1. The molecule has 0 bridgehead atoms. The third-order valence-corrected chi connectivity index (χ3v) is 3.66. The first kappa shape index (κ1) is 13.7. The van der Waals surface area contributed by atoms with Crippen LogP contribution < -0.4 is 0 Å². The highest BCUT2D eigenvalue weighted by Crippen LogP contribution is 2.22. The third kappa shape index (κ3) is 4.26. The predicted octanol–water partition coefficient (Wildman–Crippen LogP) is 4.04. The maximum Gasteiger partial charge on any atom is 0.0464 e. The Kier molecular flexibility index (Phi) is 6.07. The van der Waals surface area contributed by atoms with Crippen molar-refractivity contribution in [3.05, 3.63) is 34.3 Å². The van der Waals surface area contributed by atoms with Gasteiger partial charge in [0.1, 0.15) is 0 Å². The van der Waals surface area contributed by atoms with Gasteiger partial charge in [-0.25, -0.2) is 0 Å². The van der Waals surface area contributed by atoms with Crippen LogP contribution in [0.4, 0.5) is 0 Å². The van der Waals surface area contributed by atoms with E-state index in [9.17, 15) is 5.11 Å². The molecule has 0 aromatic heterocycles. The summed E-state index contributed by atoms with van der Waals surface area (Å²) in [6, 6.07) is 8.36. The lowest BCUT2D eigenvalue weighted by Crippen LogP contribution is -2.18. The first-order valence-corrected chi connectivity index (χ1v) is 6.82. The van der Waals surface area contributed by atoms with Crippen molar-refractivity contribution in [1.29, 1.82) is 0 Å². The summed E-state index contributed by atoms with van der Waals surface area (Å²) in [6.07, 6.45) is 3.35. The van der Waals surface area contributed by atoms with E-state index >= 15 is 0 Å². The Balaban J connectivity index is 2.62. The molecule has 1 aromatic carbocycles. The lowest BCUT2D eigenvalue weighted by atomic mass is 9.86. The van der Waals surface area contributed by atoms with E-state index in [0.717, 1.165) is 10.9 Å². The second-order valence-electron chi connectivity index (χ2n) is 4.54. The molecule has 0 aliphatic heterocycles. The molecule has 1 nitrogen and oxygen atoms in total. The molecule has 1 rings (SSSR count). The van der Waals surface area contributed by atoms with Gasteiger partial charge in [0.2, 0.25) is 0 Å². The van der Waals surface area contributed by atoms with Crippen LogP contribution in [0.2, 0.25) is 0 Å². The highest BCUT2D eigenvalue weighted by atomic mass is 79.9. The predicted molar refractivity (Wildman–Crippen MR) is 72.5 cm³/mol. The minimum atomic E-state index is 0.285. The highest BCUT2D eigenvalue weighted by Gasteiger charge is 2.16. The van der Waals surface area contributed by atoms with E-state index in [2.05, 4.69) is 48.0 Å². The molecule has 0 saturated heterocycles. The van der Waals surface area contributed by atoms with E-state index in [1.165, 1.54) is 18.4 Å². The van der Waals surface area contributed by atoms with E-state index in [1.807, 2.05) is 6.07 Å². The van der Waals surface area contributed by atoms with Gasteiger partial charge in [-0.1, -0.05) is 54.8 Å². The van der Waals surface area contributed by atoms with E-state index in [0.29, 0.717) is 11.8 Å². The average Bonchev–Trinajstić information content (AvgIpc) is 2.26. The largest absolute Gasteiger partial charge is 0.396 e. The fraction of sp³-hybridized carbons (Fsp3) is 0.571. The van der Waals surface area contributed by atoms with E-state index in [-0.39, 0.29) is 6.61 Å². The van der Waals surface area contributed by atoms with Crippen LogP contribution in [0.25, 0.3) is 0 Å². The van der Waals surface area contributed by atoms with Gasteiger partial charge in [0, 0.05) is 11.1 Å². The van der Waals surface area contributed by atoms with Gasteiger partial charge in [-0.3, -0.25) is 0 Å². The first-order chi connectivity index (χ1) is 7.67. The zero-order chi connectivity index (χ0) is 12.0. The van der Waals surface area contributed by atoms with Crippen LogP contribution >= 0.6 is 15.9 Å². The second-order valence-corrected chi connectivity index (χ2v) is 5.46. The summed E-state index contributed by atoms with van der Waals surface area (Å²) in [6.45, 7) is 4.72. The van der Waals surface area contributed by atoms with Crippen LogP contribution in [-0.4, -0.2) is 11.7 Å². The molecule has 0 amide bonds. The van der Waals surface area contributed by atoms with Crippen molar-refractivity contribution in [2.75, 3.05) is 6.61 Å². The van der Waals surface area contributed by atoms with Gasteiger partial charge in [-0.2, -0.15) is 0 Å². The maximum atomic E-state index is 9.44. The Morgan fingerprint density at radius 1 is 1.38 bits per heavy atom. The summed E-state index contributed by atoms with van der Waals surface area (Å²) in [5, 5.41) is 9.44. The SMILES string of the molecule is CCCC(C)C(CO)Cc1cccc(Br)c1. The molecule has 1 aromatic rings. The standard InChI is InChI=1S/C14H21BrO/c1-3-5-11(2)13(10-16)8-12-6-4-7-14(15)9-12/h4,6-7,9,11,13,16H,3,5,8,10H2,1-2H3. The molecule has 16 heavy (non-hydrogen) atoms. The average molecular weight is 285 g/mol. The van der Waals surface area contributed by atoms with Crippen molar-refractivity contribution in [3.8, 4) is 0 Å². The van der Waals surface area contributed by atoms with Crippen molar-refractivity contribution >= 4 is 15.9 Å². The Labute approximate surface area is 107 Å². The Morgan fingerprint density at radius 2 is 2.12 bits per heavy atom. The lowest BCUT2D eigenvalue weighted by Gasteiger charge is -2.21. The van der Waals surface area contributed by atoms with Gasteiger partial charge in [0.15, 0.2) is 0 Å². The summed E-state index contributed by atoms with van der Waals surface area (Å²) >= 11 is 3.48. The monoisotopic (exact) mass is 284 g/mol. The summed E-state index contributed by atoms with van der Waals surface area (Å²) in [4.78, 5) is 0. The van der Waals surface area contributed by atoms with Crippen molar-refractivity contribution < 1.29 is 5.11 Å². The number of rotatable bonds is 6. The van der Waals surface area contributed by atoms with Gasteiger partial charge < -0.3 is 5.11 Å². The van der Waals surface area contributed by atoms with Crippen molar-refractivity contribution in [2.24, 2.45) is 11.8 Å². The molecule has 2 unspecified atom stereocenters. The number of aliphatic hydroxyl groups is 1. The molecule has 0 spiro atoms. The zero-order valence-corrected chi connectivity index (χ0v) is 11.7. The molecular formula is C14H21BrO. The molecule has 2 heteroatoms. The fourth-order valence-corrected chi connectivity index (χ4v) is 2.55. The van der Waals surface area contributed by atoms with Crippen LogP contribution in [0, 0.1) is 11.8 Å². The van der Waals surface area contributed by atoms with Gasteiger partial charge in [-0.15, -0.1) is 0 Å². The molecule has 0 radical (unpaired) electrons. The van der Waals surface area contributed by atoms with Crippen molar-refractivity contribution in [3.63, 3.8) is 0 Å². The molecule has 2 atom stereocenters. The number of aliphatic hydroxyl groups excluding tert-OH is 1. The van der Waals surface area contributed by atoms with Crippen LogP contribution in [0.5, 0.6) is 0 Å². The molecule has 0 aliphatic carbocycles. The molecule has 0 saturated carbocycles. The van der Waals surface area contributed by atoms with Gasteiger partial charge in [0.05, 0.1) is 0 Å². The van der Waals surface area contributed by atoms with Crippen LogP contribution in [-0.2, 0) is 6.42 Å². The van der Waals surface area contributed by atoms with Crippen LogP contribution in [0.1, 0.15) is 32.3 Å². The lowest BCUT2D eigenvalue weighted by molar-refractivity contribution is 0.176. The third-order valence-electron chi connectivity index (χ3n) is 3.17. The fourth-order valence-electron chi connectivity index (χ4n) is 2.10. The molecular weight excluding hydrogens is 264 g/mol. The van der Waals surface area contributed by atoms with Crippen molar-refractivity contribution in [2.45, 2.75) is 33.1 Å². The summed E-state index contributed by atoms with van der Waals surface area (Å²) in [5.41, 5.74) is 1.30. The Morgan fingerprint density at radius 3 is 2.69 bits per heavy atom. The van der Waals surface area contributed by atoms with Crippen molar-refractivity contribution in [1.82, 2.24) is 0 Å². The van der Waals surface area contributed by atoms with E-state index in [4.69, 9.17) is 0 Å². The minimum Gasteiger partial charge on any atom is -0.396 e. The summed E-state index contributed by atoms with van der Waals surface area (Å²) in [5.74, 6) is 0.975. The van der Waals surface area contributed by atoms with Gasteiger partial charge in [0.25, 0.3) is 0 Å². The van der Waals surface area contributed by atoms with Crippen LogP contribution in [0.3, 0.4) is 0 Å². The number of benzene rings is 1. The highest BCUT2D eigenvalue weighted by molar-refractivity contribution is 9.10. The summed E-state index contributed by atoms with van der Waals surface area (Å²) < 4.78 is 1.12. The molecule has 0 heterocycles. The normalized spacial score (nSPS) is 14.8. The summed E-state index contributed by atoms with van der Waals surface area (Å²) in [7, 11) is 0.